The van der Waals surface area contributed by atoms with E-state index in [-0.39, 0.29) is 36.3 Å². The summed E-state index contributed by atoms with van der Waals surface area (Å²) >= 11 is 0. The number of ether oxygens (including phenoxy) is 1. The maximum absolute atomic E-state index is 12.9. The van der Waals surface area contributed by atoms with Crippen molar-refractivity contribution in [3.63, 3.8) is 0 Å². The van der Waals surface area contributed by atoms with E-state index in [9.17, 15) is 19.8 Å². The topological polar surface area (TPSA) is 104 Å². The Morgan fingerprint density at radius 2 is 2.00 bits per heavy atom. The number of β-amino-alcohol motifs (C(OH)–C–C–N with tert-alkyl or cyclic N) is 1. The van der Waals surface area contributed by atoms with Crippen LogP contribution in [-0.2, 0) is 11.3 Å². The van der Waals surface area contributed by atoms with Crippen molar-refractivity contribution in [3.05, 3.63) is 29.3 Å². The van der Waals surface area contributed by atoms with E-state index >= 15 is 0 Å². The summed E-state index contributed by atoms with van der Waals surface area (Å²) in [5.74, 6) is 0.255. The zero-order valence-corrected chi connectivity index (χ0v) is 16.9. The van der Waals surface area contributed by atoms with Gasteiger partial charge < -0.3 is 19.8 Å². The quantitative estimate of drug-likeness (QED) is 0.627. The fourth-order valence-electron chi connectivity index (χ4n) is 5.35. The minimum Gasteiger partial charge on any atom is -0.489 e. The van der Waals surface area contributed by atoms with Crippen molar-refractivity contribution in [2.24, 2.45) is 0 Å². The number of carbonyl (C=O) groups excluding carboxylic acids is 2. The molecule has 1 saturated heterocycles. The van der Waals surface area contributed by atoms with Crippen LogP contribution in [-0.4, -0.2) is 75.1 Å². The number of aliphatic hydroxyl groups is 2. The van der Waals surface area contributed by atoms with Crippen molar-refractivity contribution in [2.75, 3.05) is 13.1 Å². The number of benzene rings is 1. The Balaban J connectivity index is 1.30. The van der Waals surface area contributed by atoms with Crippen LogP contribution >= 0.6 is 0 Å². The highest BCUT2D eigenvalue weighted by atomic mass is 16.5. The maximum atomic E-state index is 12.9. The third kappa shape index (κ3) is 3.48. The Kier molecular flexibility index (Phi) is 4.99. The minimum absolute atomic E-state index is 0.0903. The highest BCUT2D eigenvalue weighted by Crippen LogP contribution is 2.33. The summed E-state index contributed by atoms with van der Waals surface area (Å²) in [6.07, 6.45) is 4.58. The van der Waals surface area contributed by atoms with Crippen LogP contribution in [0.1, 0.15) is 54.4 Å². The lowest BCUT2D eigenvalue weighted by atomic mass is 10.1. The lowest BCUT2D eigenvalue weighted by Crippen LogP contribution is -2.82. The molecule has 3 heterocycles. The van der Waals surface area contributed by atoms with E-state index in [0.717, 1.165) is 50.1 Å². The molecule has 0 aromatic heterocycles. The zero-order chi connectivity index (χ0) is 20.8. The Labute approximate surface area is 175 Å². The van der Waals surface area contributed by atoms with Gasteiger partial charge in [-0.2, -0.15) is 0 Å². The van der Waals surface area contributed by atoms with Crippen LogP contribution in [0, 0.1) is 0 Å². The van der Waals surface area contributed by atoms with Crippen LogP contribution in [0.4, 0.5) is 0 Å². The van der Waals surface area contributed by atoms with Crippen LogP contribution in [0.5, 0.6) is 5.75 Å². The molecule has 0 spiro atoms. The van der Waals surface area contributed by atoms with Gasteiger partial charge in [0.1, 0.15) is 11.9 Å². The summed E-state index contributed by atoms with van der Waals surface area (Å²) in [7, 11) is 0. The molecule has 1 aromatic carbocycles. The Bertz CT molecular complexity index is 901. The normalized spacial score (nSPS) is 31.9. The smallest absolute Gasteiger partial charge is 0.388 e. The molecular formula is C22H28N3O5+. The van der Waals surface area contributed by atoms with Crippen LogP contribution in [0.15, 0.2) is 18.2 Å². The second-order valence-electron chi connectivity index (χ2n) is 8.83. The van der Waals surface area contributed by atoms with Gasteiger partial charge in [-0.1, -0.05) is 0 Å². The summed E-state index contributed by atoms with van der Waals surface area (Å²) in [5.41, 5.74) is 1.51. The number of hydrogen-bond donors (Lipinski definition) is 3. The van der Waals surface area contributed by atoms with Crippen molar-refractivity contribution in [1.82, 2.24) is 9.80 Å². The standard InChI is InChI=1S/C22H27N3O5/c26-14-8-9-24(12-14)17-2-1-3-19(17)30-15-4-5-16-13(10-15)11-25(22(16)29)18-6-7-20(27)23-21(18)28/h4-5,10,14,17-19,26H,1-3,6-9,11-12H2,(H,23,27,28)/p+1/t14?,17?,18?,19-/m0/s1. The highest BCUT2D eigenvalue weighted by Gasteiger charge is 2.41. The van der Waals surface area contributed by atoms with Gasteiger partial charge in [0.15, 0.2) is 6.04 Å². The SMILES string of the molecule is O=C1CCC(N2Cc3cc(O[C@H]4CCCC4N4CCC(O)C4)ccc3C2=O)C(O)=[NH+]1. The highest BCUT2D eigenvalue weighted by molar-refractivity contribution is 6.01. The molecule has 1 aliphatic carbocycles. The first-order valence-corrected chi connectivity index (χ1v) is 10.9. The molecule has 30 heavy (non-hydrogen) atoms. The largest absolute Gasteiger partial charge is 0.489 e. The summed E-state index contributed by atoms with van der Waals surface area (Å²) in [6.45, 7) is 2.02. The van der Waals surface area contributed by atoms with Gasteiger partial charge in [0.25, 0.3) is 5.91 Å². The van der Waals surface area contributed by atoms with E-state index in [0.29, 0.717) is 24.6 Å². The average Bonchev–Trinajstić information content (AvgIpc) is 3.41. The number of amides is 2. The van der Waals surface area contributed by atoms with E-state index in [2.05, 4.69) is 9.89 Å². The number of rotatable bonds is 4. The van der Waals surface area contributed by atoms with Gasteiger partial charge >= 0.3 is 11.8 Å². The first kappa shape index (κ1) is 19.5. The fraction of sp³-hybridized carbons (Fsp3) is 0.591. The van der Waals surface area contributed by atoms with Crippen molar-refractivity contribution in [3.8, 4) is 5.75 Å². The number of hydrogen-bond acceptors (Lipinski definition) is 5. The molecule has 4 atom stereocenters. The van der Waals surface area contributed by atoms with Crippen LogP contribution in [0.2, 0.25) is 0 Å². The van der Waals surface area contributed by atoms with Gasteiger partial charge in [-0.05, 0) is 55.9 Å². The number of nitrogens with zero attached hydrogens (tertiary/aromatic N) is 2. The van der Waals surface area contributed by atoms with E-state index in [4.69, 9.17) is 4.74 Å². The number of nitrogens with one attached hydrogen (secondary N) is 1. The van der Waals surface area contributed by atoms with E-state index in [1.807, 2.05) is 12.1 Å². The van der Waals surface area contributed by atoms with E-state index in [1.165, 1.54) is 0 Å². The summed E-state index contributed by atoms with van der Waals surface area (Å²) in [6, 6.07) is 5.41. The molecule has 1 saturated carbocycles. The number of aliphatic hydroxyl groups excluding tert-OH is 2. The Morgan fingerprint density at radius 1 is 1.13 bits per heavy atom. The summed E-state index contributed by atoms with van der Waals surface area (Å²) in [5, 5.41) is 20.0. The molecule has 4 aliphatic rings. The van der Waals surface area contributed by atoms with Crippen molar-refractivity contribution in [1.29, 1.82) is 0 Å². The van der Waals surface area contributed by atoms with Gasteiger partial charge in [-0.25, -0.2) is 4.79 Å². The van der Waals surface area contributed by atoms with Crippen LogP contribution in [0.3, 0.4) is 0 Å². The first-order chi connectivity index (χ1) is 14.5. The lowest BCUT2D eigenvalue weighted by molar-refractivity contribution is -0.394. The van der Waals surface area contributed by atoms with Gasteiger partial charge in [-0.3, -0.25) is 9.69 Å². The van der Waals surface area contributed by atoms with Crippen LogP contribution < -0.4 is 9.73 Å². The molecule has 1 aromatic rings. The molecule has 0 bridgehead atoms. The summed E-state index contributed by atoms with van der Waals surface area (Å²) < 4.78 is 6.35. The Hall–Kier alpha value is -2.45. The summed E-state index contributed by atoms with van der Waals surface area (Å²) in [4.78, 5) is 30.7. The predicted molar refractivity (Wildman–Crippen MR) is 107 cm³/mol. The lowest BCUT2D eigenvalue weighted by Gasteiger charge is -2.29. The predicted octanol–water partition coefficient (Wildman–Crippen LogP) is -0.265. The molecule has 2 fully saturated rings. The molecule has 8 nitrogen and oxygen atoms in total. The maximum Gasteiger partial charge on any atom is 0.388 e. The van der Waals surface area contributed by atoms with Crippen molar-refractivity contribution in [2.45, 2.75) is 69.4 Å². The number of carbonyl (C=O) groups is 2. The third-order valence-corrected chi connectivity index (χ3v) is 6.88. The molecule has 0 radical (unpaired) electrons. The molecule has 3 N–H and O–H groups in total. The third-order valence-electron chi connectivity index (χ3n) is 6.88. The molecule has 160 valence electrons. The average molecular weight is 414 g/mol. The number of likely N-dealkylation sites (tertiary alicyclic amines) is 1. The Morgan fingerprint density at radius 3 is 2.77 bits per heavy atom. The molecule has 3 unspecified atom stereocenters. The molecule has 8 heteroatoms. The van der Waals surface area contributed by atoms with Gasteiger partial charge in [-0.15, -0.1) is 4.99 Å². The van der Waals surface area contributed by atoms with Gasteiger partial charge in [0, 0.05) is 31.2 Å². The van der Waals surface area contributed by atoms with Gasteiger partial charge in [0.2, 0.25) is 0 Å². The molecule has 5 rings (SSSR count). The van der Waals surface area contributed by atoms with Crippen molar-refractivity contribution >= 4 is 17.7 Å². The minimum atomic E-state index is -0.493. The second kappa shape index (κ2) is 7.67. The molecular weight excluding hydrogens is 386 g/mol. The van der Waals surface area contributed by atoms with E-state index < -0.39 is 6.04 Å². The zero-order valence-electron chi connectivity index (χ0n) is 16.9. The second-order valence-corrected chi connectivity index (χ2v) is 8.83. The van der Waals surface area contributed by atoms with Gasteiger partial charge in [0.05, 0.1) is 12.5 Å². The van der Waals surface area contributed by atoms with Crippen molar-refractivity contribution < 1.29 is 29.5 Å². The fourth-order valence-corrected chi connectivity index (χ4v) is 5.35. The molecule has 3 aliphatic heterocycles. The molecule has 2 amide bonds. The van der Waals surface area contributed by atoms with Crippen LogP contribution in [0.25, 0.3) is 0 Å². The first-order valence-electron chi connectivity index (χ1n) is 10.9. The van der Waals surface area contributed by atoms with E-state index in [1.54, 1.807) is 11.0 Å². The number of fused-ring (bicyclic) bond motifs is 1. The monoisotopic (exact) mass is 414 g/mol.